The van der Waals surface area contributed by atoms with Crippen molar-refractivity contribution in [2.75, 3.05) is 0 Å². The van der Waals surface area contributed by atoms with Gasteiger partial charge in [-0.1, -0.05) is 0 Å². The summed E-state index contributed by atoms with van der Waals surface area (Å²) in [5.74, 6) is 0.233. The summed E-state index contributed by atoms with van der Waals surface area (Å²) in [6.45, 7) is 6.53. The molecule has 19 heavy (non-hydrogen) atoms. The molecule has 3 heteroatoms. The van der Waals surface area contributed by atoms with Gasteiger partial charge in [0, 0.05) is 0 Å². The predicted molar refractivity (Wildman–Crippen MR) is 86.9 cm³/mol. The van der Waals surface area contributed by atoms with Crippen molar-refractivity contribution in [2.45, 2.75) is 26.2 Å². The van der Waals surface area contributed by atoms with E-state index in [1.54, 1.807) is 24.3 Å². The van der Waals surface area contributed by atoms with Crippen LogP contribution in [0.5, 0.6) is 5.75 Å². The van der Waals surface area contributed by atoms with E-state index in [9.17, 15) is 8.54 Å². The Kier molecular flexibility index (Phi) is 4.16. The molecule has 2 N–H and O–H groups in total. The van der Waals surface area contributed by atoms with E-state index in [2.05, 4.69) is 32.9 Å². The Hall–Kier alpha value is -1.07. The summed E-state index contributed by atoms with van der Waals surface area (Å²) in [4.78, 5) is 0. The zero-order valence-corrected chi connectivity index (χ0v) is 13.5. The molecule has 0 aliphatic heterocycles. The SMILES string of the molecule is CC(C)(C)c1ccc(I(O)c2ccc(O)cc2)cc1. The molecule has 0 aliphatic rings. The molecule has 2 aromatic rings. The standard InChI is InChI=1S/C16H19IO2/c1-16(2,3)12-4-6-13(7-5-12)17(19)14-8-10-15(18)11-9-14/h4-11,18-19H,1-3H3. The Labute approximate surface area is 122 Å². The van der Waals surface area contributed by atoms with Gasteiger partial charge in [-0.3, -0.25) is 0 Å². The van der Waals surface area contributed by atoms with Gasteiger partial charge in [0.1, 0.15) is 0 Å². The van der Waals surface area contributed by atoms with Crippen molar-refractivity contribution >= 4 is 20.2 Å². The molecule has 0 heterocycles. The van der Waals surface area contributed by atoms with Crippen LogP contribution in [0.2, 0.25) is 0 Å². The zero-order chi connectivity index (χ0) is 14.0. The summed E-state index contributed by atoms with van der Waals surface area (Å²) >= 11 is -2.31. The molecule has 0 fully saturated rings. The summed E-state index contributed by atoms with van der Waals surface area (Å²) in [5.41, 5.74) is 1.40. The Bertz CT molecular complexity index is 538. The molecule has 0 spiro atoms. The Morgan fingerprint density at radius 3 is 1.63 bits per heavy atom. The normalized spacial score (nSPS) is 12.3. The van der Waals surface area contributed by atoms with Crippen molar-refractivity contribution in [1.29, 1.82) is 0 Å². The molecule has 0 saturated carbocycles. The van der Waals surface area contributed by atoms with Crippen molar-refractivity contribution in [1.82, 2.24) is 0 Å². The van der Waals surface area contributed by atoms with Gasteiger partial charge in [-0.25, -0.2) is 0 Å². The van der Waals surface area contributed by atoms with Crippen molar-refractivity contribution in [2.24, 2.45) is 0 Å². The second kappa shape index (κ2) is 5.51. The Morgan fingerprint density at radius 1 is 0.789 bits per heavy atom. The molecule has 102 valence electrons. The maximum absolute atomic E-state index is 10.5. The van der Waals surface area contributed by atoms with Gasteiger partial charge in [0.25, 0.3) is 0 Å². The number of rotatable bonds is 2. The minimum absolute atomic E-state index is 0.131. The average molecular weight is 370 g/mol. The van der Waals surface area contributed by atoms with E-state index in [1.807, 2.05) is 12.1 Å². The fourth-order valence-corrected chi connectivity index (χ4v) is 4.56. The van der Waals surface area contributed by atoms with Crippen LogP contribution < -0.4 is 0 Å². The van der Waals surface area contributed by atoms with Crippen LogP contribution in [0, 0.1) is 7.14 Å². The van der Waals surface area contributed by atoms with E-state index in [0.717, 1.165) is 7.14 Å². The zero-order valence-electron chi connectivity index (χ0n) is 11.4. The summed E-state index contributed by atoms with van der Waals surface area (Å²) in [6.07, 6.45) is 0. The number of aromatic hydroxyl groups is 1. The molecule has 2 rings (SSSR count). The first-order chi connectivity index (χ1) is 8.88. The van der Waals surface area contributed by atoms with Crippen LogP contribution in [-0.2, 0) is 5.41 Å². The van der Waals surface area contributed by atoms with E-state index >= 15 is 0 Å². The van der Waals surface area contributed by atoms with Gasteiger partial charge in [0.15, 0.2) is 0 Å². The van der Waals surface area contributed by atoms with Crippen molar-refractivity contribution in [3.05, 3.63) is 61.2 Å². The number of phenolic OH excluding ortho intramolecular Hbond substituents is 1. The first kappa shape index (κ1) is 14.3. The van der Waals surface area contributed by atoms with Crippen LogP contribution in [0.1, 0.15) is 26.3 Å². The molecule has 0 aromatic heterocycles. The molecule has 2 nitrogen and oxygen atoms in total. The number of hydrogen-bond acceptors (Lipinski definition) is 2. The number of phenols is 1. The number of halogens is 1. The van der Waals surface area contributed by atoms with Crippen molar-refractivity contribution in [3.63, 3.8) is 0 Å². The summed E-state index contributed by atoms with van der Waals surface area (Å²) in [6, 6.07) is 15.1. The van der Waals surface area contributed by atoms with Crippen molar-refractivity contribution in [3.8, 4) is 5.75 Å². The second-order valence-electron chi connectivity index (χ2n) is 5.50. The van der Waals surface area contributed by atoms with E-state index in [0.29, 0.717) is 0 Å². The summed E-state index contributed by atoms with van der Waals surface area (Å²) < 4.78 is 12.4. The van der Waals surface area contributed by atoms with Crippen LogP contribution in [0.4, 0.5) is 0 Å². The van der Waals surface area contributed by atoms with E-state index < -0.39 is 20.2 Å². The number of hydrogen-bond donors (Lipinski definition) is 2. The summed E-state index contributed by atoms with van der Waals surface area (Å²) in [7, 11) is 0. The third-order valence-corrected chi connectivity index (χ3v) is 6.75. The van der Waals surface area contributed by atoms with Gasteiger partial charge in [-0.05, 0) is 0 Å². The molecule has 0 aliphatic carbocycles. The third kappa shape index (κ3) is 3.48. The fraction of sp³-hybridized carbons (Fsp3) is 0.250. The second-order valence-corrected chi connectivity index (χ2v) is 9.49. The third-order valence-electron chi connectivity index (χ3n) is 2.95. The first-order valence-corrected chi connectivity index (χ1v) is 9.29. The molecule has 2 aromatic carbocycles. The average Bonchev–Trinajstić information content (AvgIpc) is 2.38. The Balaban J connectivity index is 2.25. The van der Waals surface area contributed by atoms with E-state index in [1.165, 1.54) is 5.56 Å². The molecule has 0 bridgehead atoms. The molecular formula is C16H19IO2. The van der Waals surface area contributed by atoms with Gasteiger partial charge < -0.3 is 0 Å². The first-order valence-electron chi connectivity index (χ1n) is 6.16. The van der Waals surface area contributed by atoms with Crippen LogP contribution in [0.15, 0.2) is 48.5 Å². The molecule has 0 radical (unpaired) electrons. The molecule has 0 saturated heterocycles. The van der Waals surface area contributed by atoms with Gasteiger partial charge >= 0.3 is 122 Å². The molecular weight excluding hydrogens is 351 g/mol. The van der Waals surface area contributed by atoms with Crippen molar-refractivity contribution < 1.29 is 8.54 Å². The number of benzene rings is 2. The van der Waals surface area contributed by atoms with Gasteiger partial charge in [-0.15, -0.1) is 0 Å². The molecule has 0 atom stereocenters. The van der Waals surface area contributed by atoms with E-state index in [4.69, 9.17) is 0 Å². The maximum atomic E-state index is 10.5. The van der Waals surface area contributed by atoms with Crippen LogP contribution in [0.25, 0.3) is 0 Å². The van der Waals surface area contributed by atoms with E-state index in [-0.39, 0.29) is 11.2 Å². The van der Waals surface area contributed by atoms with Crippen LogP contribution in [-0.4, -0.2) is 8.54 Å². The van der Waals surface area contributed by atoms with Gasteiger partial charge in [-0.2, -0.15) is 0 Å². The minimum atomic E-state index is -2.31. The molecule has 0 amide bonds. The predicted octanol–water partition coefficient (Wildman–Crippen LogP) is 4.14. The topological polar surface area (TPSA) is 40.5 Å². The summed E-state index contributed by atoms with van der Waals surface area (Å²) in [5, 5.41) is 9.27. The quantitative estimate of drug-likeness (QED) is 0.780. The fourth-order valence-electron chi connectivity index (χ4n) is 1.76. The van der Waals surface area contributed by atoms with Crippen LogP contribution in [0.3, 0.4) is 0 Å². The molecule has 0 unspecified atom stereocenters. The Morgan fingerprint density at radius 2 is 1.21 bits per heavy atom. The monoisotopic (exact) mass is 370 g/mol. The van der Waals surface area contributed by atoms with Gasteiger partial charge in [0.05, 0.1) is 0 Å². The van der Waals surface area contributed by atoms with Gasteiger partial charge in [0.2, 0.25) is 0 Å². The van der Waals surface area contributed by atoms with Crippen LogP contribution >= 0.6 is 20.2 Å².